The number of carboxylic acids is 1. The molecule has 110 valence electrons. The number of methoxy groups -OCH3 is 1. The van der Waals surface area contributed by atoms with Crippen molar-refractivity contribution in [2.75, 3.05) is 31.7 Å². The molecule has 1 aromatic heterocycles. The van der Waals surface area contributed by atoms with Crippen molar-refractivity contribution in [3.63, 3.8) is 0 Å². The van der Waals surface area contributed by atoms with E-state index in [0.717, 1.165) is 42.8 Å². The third-order valence-electron chi connectivity index (χ3n) is 3.54. The molecule has 1 aliphatic carbocycles. The van der Waals surface area contributed by atoms with E-state index in [1.54, 1.807) is 18.3 Å². The van der Waals surface area contributed by atoms with Gasteiger partial charge in [-0.2, -0.15) is 0 Å². The van der Waals surface area contributed by atoms with E-state index in [9.17, 15) is 4.79 Å². The van der Waals surface area contributed by atoms with Crippen molar-refractivity contribution in [3.8, 4) is 0 Å². The van der Waals surface area contributed by atoms with Crippen molar-refractivity contribution in [2.24, 2.45) is 0 Å². The Morgan fingerprint density at radius 2 is 2.15 bits per heavy atom. The fraction of sp³-hybridized carbons (Fsp3) is 0.643. The molecule has 0 unspecified atom stereocenters. The molecule has 1 aromatic rings. The number of anilines is 1. The van der Waals surface area contributed by atoms with Crippen molar-refractivity contribution in [2.45, 2.75) is 32.1 Å². The summed E-state index contributed by atoms with van der Waals surface area (Å²) >= 11 is 0. The first kappa shape index (κ1) is 14.7. The van der Waals surface area contributed by atoms with Crippen molar-refractivity contribution in [3.05, 3.63) is 17.6 Å². The van der Waals surface area contributed by atoms with Gasteiger partial charge in [0.2, 0.25) is 0 Å². The van der Waals surface area contributed by atoms with Crippen LogP contribution in [0.5, 0.6) is 0 Å². The number of carboxylic acid groups (broad SMARTS) is 1. The predicted molar refractivity (Wildman–Crippen MR) is 75.0 cm³/mol. The molecule has 1 N–H and O–H groups in total. The van der Waals surface area contributed by atoms with Crippen LogP contribution in [0.4, 0.5) is 5.82 Å². The highest BCUT2D eigenvalue weighted by molar-refractivity contribution is 5.73. The minimum absolute atomic E-state index is 0.0627. The molecule has 0 bridgehead atoms. The number of nitrogens with zero attached hydrogens (tertiary/aromatic N) is 3. The van der Waals surface area contributed by atoms with Crippen LogP contribution in [0.2, 0.25) is 0 Å². The van der Waals surface area contributed by atoms with Crippen LogP contribution in [0.25, 0.3) is 0 Å². The maximum atomic E-state index is 11.1. The van der Waals surface area contributed by atoms with Crippen LogP contribution in [0.15, 0.2) is 6.33 Å². The summed E-state index contributed by atoms with van der Waals surface area (Å²) in [4.78, 5) is 21.5. The fourth-order valence-electron chi connectivity index (χ4n) is 2.58. The minimum atomic E-state index is -0.859. The molecule has 0 saturated carbocycles. The highest BCUT2D eigenvalue weighted by Gasteiger charge is 2.20. The van der Waals surface area contributed by atoms with E-state index in [1.807, 2.05) is 0 Å². The van der Waals surface area contributed by atoms with E-state index in [2.05, 4.69) is 9.97 Å². The van der Waals surface area contributed by atoms with E-state index in [-0.39, 0.29) is 6.54 Å². The summed E-state index contributed by atoms with van der Waals surface area (Å²) in [7, 11) is 1.61. The number of ether oxygens (including phenoxy) is 1. The number of hydrogen-bond acceptors (Lipinski definition) is 5. The van der Waals surface area contributed by atoms with Crippen molar-refractivity contribution in [1.82, 2.24) is 9.97 Å². The van der Waals surface area contributed by atoms with Gasteiger partial charge in [-0.05, 0) is 25.7 Å². The Bertz CT molecular complexity index is 465. The van der Waals surface area contributed by atoms with E-state index < -0.39 is 5.97 Å². The normalized spacial score (nSPS) is 14.4. The lowest BCUT2D eigenvalue weighted by atomic mass is 10.1. The number of aliphatic carboxylic acids is 1. The summed E-state index contributed by atoms with van der Waals surface area (Å²) in [6.07, 6.45) is 6.86. The largest absolute Gasteiger partial charge is 0.480 e. The summed E-state index contributed by atoms with van der Waals surface area (Å²) in [6.45, 7) is 0.936. The van der Waals surface area contributed by atoms with Gasteiger partial charge in [0.15, 0.2) is 0 Å². The van der Waals surface area contributed by atoms with Crippen LogP contribution in [0, 0.1) is 0 Å². The van der Waals surface area contributed by atoms with Gasteiger partial charge in [0.25, 0.3) is 0 Å². The molecule has 0 atom stereocenters. The van der Waals surface area contributed by atoms with Crippen LogP contribution in [0.1, 0.15) is 30.5 Å². The van der Waals surface area contributed by atoms with Crippen LogP contribution >= 0.6 is 0 Å². The molecule has 1 aliphatic rings. The summed E-state index contributed by atoms with van der Waals surface area (Å²) in [6, 6.07) is 0. The Labute approximate surface area is 118 Å². The summed E-state index contributed by atoms with van der Waals surface area (Å²) in [5, 5.41) is 9.08. The monoisotopic (exact) mass is 279 g/mol. The van der Waals surface area contributed by atoms with Gasteiger partial charge >= 0.3 is 5.97 Å². The SMILES string of the molecule is COCCN(CC(=O)O)c1ncnc2c1CCCCC2. The molecule has 0 radical (unpaired) electrons. The number of hydrogen-bond donors (Lipinski definition) is 1. The molecular weight excluding hydrogens is 258 g/mol. The highest BCUT2D eigenvalue weighted by Crippen LogP contribution is 2.26. The third kappa shape index (κ3) is 3.66. The maximum absolute atomic E-state index is 11.1. The molecule has 20 heavy (non-hydrogen) atoms. The second-order valence-electron chi connectivity index (χ2n) is 4.99. The standard InChI is InChI=1S/C14H21N3O3/c1-20-8-7-17(9-13(18)19)14-11-5-3-2-4-6-12(11)15-10-16-14/h10H,2-9H2,1H3,(H,18,19). The molecule has 6 nitrogen and oxygen atoms in total. The predicted octanol–water partition coefficient (Wildman–Crippen LogP) is 1.28. The number of rotatable bonds is 6. The molecule has 2 rings (SSSR count). The van der Waals surface area contributed by atoms with Gasteiger partial charge in [-0.3, -0.25) is 4.79 Å². The van der Waals surface area contributed by atoms with Gasteiger partial charge in [0.05, 0.1) is 6.61 Å². The van der Waals surface area contributed by atoms with Gasteiger partial charge in [-0.15, -0.1) is 0 Å². The lowest BCUT2D eigenvalue weighted by molar-refractivity contribution is -0.135. The average molecular weight is 279 g/mol. The molecule has 0 aromatic carbocycles. The zero-order valence-corrected chi connectivity index (χ0v) is 11.8. The van der Waals surface area contributed by atoms with E-state index in [1.165, 1.54) is 6.42 Å². The zero-order chi connectivity index (χ0) is 14.4. The fourth-order valence-corrected chi connectivity index (χ4v) is 2.58. The van der Waals surface area contributed by atoms with E-state index >= 15 is 0 Å². The van der Waals surface area contributed by atoms with Gasteiger partial charge < -0.3 is 14.7 Å². The molecular formula is C14H21N3O3. The first-order valence-corrected chi connectivity index (χ1v) is 7.00. The number of aromatic nitrogens is 2. The topological polar surface area (TPSA) is 75.5 Å². The lowest BCUT2D eigenvalue weighted by Gasteiger charge is -2.24. The summed E-state index contributed by atoms with van der Waals surface area (Å²) in [5.41, 5.74) is 2.18. The number of aryl methyl sites for hydroxylation is 1. The van der Waals surface area contributed by atoms with Gasteiger partial charge in [0.1, 0.15) is 18.7 Å². The molecule has 0 fully saturated rings. The first-order valence-electron chi connectivity index (χ1n) is 7.00. The van der Waals surface area contributed by atoms with Gasteiger partial charge in [0, 0.05) is 24.9 Å². The van der Waals surface area contributed by atoms with Crippen molar-refractivity contribution >= 4 is 11.8 Å². The maximum Gasteiger partial charge on any atom is 0.323 e. The Morgan fingerprint density at radius 1 is 1.35 bits per heavy atom. The van der Waals surface area contributed by atoms with Crippen LogP contribution in [-0.2, 0) is 22.4 Å². The summed E-state index contributed by atoms with van der Waals surface area (Å²) < 4.78 is 5.07. The Kier molecular flexibility index (Phi) is 5.29. The number of carbonyl (C=O) groups is 1. The zero-order valence-electron chi connectivity index (χ0n) is 11.8. The first-order chi connectivity index (χ1) is 9.72. The Morgan fingerprint density at radius 3 is 2.90 bits per heavy atom. The van der Waals surface area contributed by atoms with Crippen LogP contribution < -0.4 is 4.90 Å². The molecule has 0 spiro atoms. The highest BCUT2D eigenvalue weighted by atomic mass is 16.5. The van der Waals surface area contributed by atoms with Crippen LogP contribution in [-0.4, -0.2) is 47.8 Å². The quantitative estimate of drug-likeness (QED) is 0.791. The molecule has 0 amide bonds. The second kappa shape index (κ2) is 7.19. The number of fused-ring (bicyclic) bond motifs is 1. The third-order valence-corrected chi connectivity index (χ3v) is 3.54. The van der Waals surface area contributed by atoms with Crippen LogP contribution in [0.3, 0.4) is 0 Å². The average Bonchev–Trinajstić information content (AvgIpc) is 2.68. The van der Waals surface area contributed by atoms with E-state index in [4.69, 9.17) is 9.84 Å². The molecule has 1 heterocycles. The van der Waals surface area contributed by atoms with Crippen molar-refractivity contribution < 1.29 is 14.6 Å². The lowest BCUT2D eigenvalue weighted by Crippen LogP contribution is -2.34. The second-order valence-corrected chi connectivity index (χ2v) is 4.99. The smallest absolute Gasteiger partial charge is 0.323 e. The summed E-state index contributed by atoms with van der Waals surface area (Å²) in [5.74, 6) is -0.0987. The Hall–Kier alpha value is -1.69. The molecule has 0 saturated heterocycles. The minimum Gasteiger partial charge on any atom is -0.480 e. The molecule has 6 heteroatoms. The van der Waals surface area contributed by atoms with Gasteiger partial charge in [-0.25, -0.2) is 9.97 Å². The Balaban J connectivity index is 2.29. The van der Waals surface area contributed by atoms with Gasteiger partial charge in [-0.1, -0.05) is 6.42 Å². The van der Waals surface area contributed by atoms with E-state index in [0.29, 0.717) is 13.2 Å². The molecule has 0 aliphatic heterocycles. The van der Waals surface area contributed by atoms with Crippen molar-refractivity contribution in [1.29, 1.82) is 0 Å².